The fraction of sp³-hybridized carbons (Fsp3) is 0.211. The molecule has 1 amide bonds. The summed E-state index contributed by atoms with van der Waals surface area (Å²) in [5.74, 6) is -0.680. The van der Waals surface area contributed by atoms with Crippen LogP contribution in [0.1, 0.15) is 5.56 Å². The second-order valence-electron chi connectivity index (χ2n) is 6.11. The number of benzene rings is 2. The van der Waals surface area contributed by atoms with Crippen LogP contribution in [0.2, 0.25) is 0 Å². The van der Waals surface area contributed by atoms with Gasteiger partial charge in [-0.3, -0.25) is 10.0 Å². The molecule has 3 rings (SSSR count). The predicted molar refractivity (Wildman–Crippen MR) is 103 cm³/mol. The third-order valence-corrected chi connectivity index (χ3v) is 6.29. The van der Waals surface area contributed by atoms with E-state index in [0.29, 0.717) is 31.7 Å². The van der Waals surface area contributed by atoms with Gasteiger partial charge in [0, 0.05) is 37.9 Å². The number of nitrogens with one attached hydrogen (secondary N) is 1. The number of para-hydroxylation sites is 1. The van der Waals surface area contributed by atoms with Gasteiger partial charge in [-0.05, 0) is 35.9 Å². The second kappa shape index (κ2) is 8.34. The zero-order chi connectivity index (χ0) is 19.3. The molecule has 1 saturated heterocycles. The third kappa shape index (κ3) is 4.54. The van der Waals surface area contributed by atoms with E-state index >= 15 is 0 Å². The highest BCUT2D eigenvalue weighted by Gasteiger charge is 2.28. The Kier molecular flexibility index (Phi) is 5.90. The Hall–Kier alpha value is -2.68. The summed E-state index contributed by atoms with van der Waals surface area (Å²) in [4.78, 5) is 13.4. The maximum atomic E-state index is 12.9. The van der Waals surface area contributed by atoms with Gasteiger partial charge in [0.1, 0.15) is 0 Å². The normalized spacial score (nSPS) is 15.8. The van der Waals surface area contributed by atoms with Crippen LogP contribution < -0.4 is 10.4 Å². The summed E-state index contributed by atoms with van der Waals surface area (Å²) in [5.41, 5.74) is 3.14. The molecule has 27 heavy (non-hydrogen) atoms. The van der Waals surface area contributed by atoms with Gasteiger partial charge < -0.3 is 4.90 Å². The van der Waals surface area contributed by atoms with E-state index in [0.717, 1.165) is 11.8 Å². The Labute approximate surface area is 158 Å². The Morgan fingerprint density at radius 2 is 1.70 bits per heavy atom. The molecule has 0 atom stereocenters. The molecule has 0 bridgehead atoms. The number of carbonyl (C=O) groups is 1. The van der Waals surface area contributed by atoms with Crippen LogP contribution in [0.3, 0.4) is 0 Å². The van der Waals surface area contributed by atoms with Crippen molar-refractivity contribution in [2.24, 2.45) is 0 Å². The van der Waals surface area contributed by atoms with Gasteiger partial charge in [0.05, 0.1) is 4.90 Å². The predicted octanol–water partition coefficient (Wildman–Crippen LogP) is 1.72. The summed E-state index contributed by atoms with van der Waals surface area (Å²) in [6.45, 7) is 2.06. The van der Waals surface area contributed by atoms with E-state index in [2.05, 4.69) is 4.90 Å². The van der Waals surface area contributed by atoms with E-state index in [1.54, 1.807) is 18.2 Å². The zero-order valence-electron chi connectivity index (χ0n) is 14.7. The summed E-state index contributed by atoms with van der Waals surface area (Å²) >= 11 is 0. The quantitative estimate of drug-likeness (QED) is 0.463. The van der Waals surface area contributed by atoms with Crippen LogP contribution in [-0.4, -0.2) is 50.0 Å². The summed E-state index contributed by atoms with van der Waals surface area (Å²) < 4.78 is 27.4. The number of carbonyl (C=O) groups excluding carboxylic acids is 1. The molecule has 1 fully saturated rings. The molecule has 0 aliphatic carbocycles. The maximum Gasteiger partial charge on any atom is 0.267 e. The van der Waals surface area contributed by atoms with Crippen molar-refractivity contribution in [2.45, 2.75) is 4.90 Å². The van der Waals surface area contributed by atoms with Gasteiger partial charge in [-0.25, -0.2) is 13.9 Å². The molecule has 0 aromatic heterocycles. The van der Waals surface area contributed by atoms with Crippen LogP contribution >= 0.6 is 0 Å². The van der Waals surface area contributed by atoms with Crippen LogP contribution in [0, 0.1) is 0 Å². The van der Waals surface area contributed by atoms with Crippen LogP contribution in [0.15, 0.2) is 65.6 Å². The molecule has 0 saturated carbocycles. The molecular formula is C19H21N3O4S. The number of sulfonamides is 1. The first-order valence-corrected chi connectivity index (χ1v) is 9.97. The van der Waals surface area contributed by atoms with Crippen molar-refractivity contribution in [2.75, 3.05) is 31.1 Å². The smallest absolute Gasteiger partial charge is 0.267 e. The molecule has 2 aromatic rings. The Bertz CT molecular complexity index is 921. The topological polar surface area (TPSA) is 90.0 Å². The van der Waals surface area contributed by atoms with E-state index in [-0.39, 0.29) is 4.90 Å². The molecule has 1 aliphatic heterocycles. The SMILES string of the molecule is O=C(/C=C/c1cccc(S(=O)(=O)N2CCN(c3ccccc3)CC2)c1)NO. The van der Waals surface area contributed by atoms with Crippen molar-refractivity contribution in [3.05, 3.63) is 66.2 Å². The first kappa shape index (κ1) is 19.1. The summed E-state index contributed by atoms with van der Waals surface area (Å²) in [5, 5.41) is 8.51. The molecule has 2 N–H and O–H groups in total. The first-order chi connectivity index (χ1) is 13.0. The van der Waals surface area contributed by atoms with Gasteiger partial charge >= 0.3 is 0 Å². The van der Waals surface area contributed by atoms with E-state index in [9.17, 15) is 13.2 Å². The number of piperazine rings is 1. The number of hydroxylamine groups is 1. The Morgan fingerprint density at radius 1 is 1.00 bits per heavy atom. The number of anilines is 1. The van der Waals surface area contributed by atoms with E-state index in [4.69, 9.17) is 5.21 Å². The molecule has 0 unspecified atom stereocenters. The fourth-order valence-electron chi connectivity index (χ4n) is 2.96. The standard InChI is InChI=1S/C19H21N3O4S/c23-19(20-24)10-9-16-5-4-8-18(15-16)27(25,26)22-13-11-21(12-14-22)17-6-2-1-3-7-17/h1-10,15,24H,11-14H2,(H,20,23)/b10-9+. The van der Waals surface area contributed by atoms with E-state index in [1.807, 2.05) is 30.3 Å². The molecule has 0 spiro atoms. The largest absolute Gasteiger partial charge is 0.369 e. The van der Waals surface area contributed by atoms with Gasteiger partial charge in [0.2, 0.25) is 10.0 Å². The molecular weight excluding hydrogens is 366 g/mol. The molecule has 142 valence electrons. The minimum atomic E-state index is -3.61. The Balaban J connectivity index is 1.72. The van der Waals surface area contributed by atoms with Crippen LogP contribution in [0.5, 0.6) is 0 Å². The van der Waals surface area contributed by atoms with Crippen molar-refractivity contribution in [1.29, 1.82) is 0 Å². The van der Waals surface area contributed by atoms with Crippen molar-refractivity contribution < 1.29 is 18.4 Å². The highest BCUT2D eigenvalue weighted by molar-refractivity contribution is 7.89. The highest BCUT2D eigenvalue weighted by Crippen LogP contribution is 2.22. The number of rotatable bonds is 5. The summed E-state index contributed by atoms with van der Waals surface area (Å²) in [6, 6.07) is 16.3. The monoisotopic (exact) mass is 387 g/mol. The van der Waals surface area contributed by atoms with Crippen molar-refractivity contribution in [3.8, 4) is 0 Å². The molecule has 0 radical (unpaired) electrons. The van der Waals surface area contributed by atoms with E-state index < -0.39 is 15.9 Å². The lowest BCUT2D eigenvalue weighted by atomic mass is 10.2. The lowest BCUT2D eigenvalue weighted by Crippen LogP contribution is -2.48. The lowest BCUT2D eigenvalue weighted by Gasteiger charge is -2.35. The zero-order valence-corrected chi connectivity index (χ0v) is 15.5. The first-order valence-electron chi connectivity index (χ1n) is 8.53. The van der Waals surface area contributed by atoms with E-state index in [1.165, 1.54) is 21.9 Å². The summed E-state index contributed by atoms with van der Waals surface area (Å²) in [7, 11) is -3.61. The molecule has 7 nitrogen and oxygen atoms in total. The van der Waals surface area contributed by atoms with Gasteiger partial charge in [-0.2, -0.15) is 4.31 Å². The van der Waals surface area contributed by atoms with Gasteiger partial charge in [-0.1, -0.05) is 30.3 Å². The highest BCUT2D eigenvalue weighted by atomic mass is 32.2. The van der Waals surface area contributed by atoms with Crippen LogP contribution in [-0.2, 0) is 14.8 Å². The van der Waals surface area contributed by atoms with Crippen LogP contribution in [0.25, 0.3) is 6.08 Å². The number of hydrogen-bond acceptors (Lipinski definition) is 5. The fourth-order valence-corrected chi connectivity index (χ4v) is 4.44. The van der Waals surface area contributed by atoms with Crippen molar-refractivity contribution in [1.82, 2.24) is 9.79 Å². The number of nitrogens with zero attached hydrogens (tertiary/aromatic N) is 2. The average Bonchev–Trinajstić information content (AvgIpc) is 2.73. The average molecular weight is 387 g/mol. The van der Waals surface area contributed by atoms with Gasteiger partial charge in [0.25, 0.3) is 5.91 Å². The Morgan fingerprint density at radius 3 is 2.37 bits per heavy atom. The summed E-state index contributed by atoms with van der Waals surface area (Å²) in [6.07, 6.45) is 2.57. The minimum Gasteiger partial charge on any atom is -0.369 e. The molecule has 8 heteroatoms. The second-order valence-corrected chi connectivity index (χ2v) is 8.05. The minimum absolute atomic E-state index is 0.183. The van der Waals surface area contributed by atoms with Crippen molar-refractivity contribution >= 4 is 27.7 Å². The number of hydrogen-bond donors (Lipinski definition) is 2. The van der Waals surface area contributed by atoms with Crippen LogP contribution in [0.4, 0.5) is 5.69 Å². The van der Waals surface area contributed by atoms with Crippen molar-refractivity contribution in [3.63, 3.8) is 0 Å². The van der Waals surface area contributed by atoms with Gasteiger partial charge in [-0.15, -0.1) is 0 Å². The molecule has 2 aromatic carbocycles. The lowest BCUT2D eigenvalue weighted by molar-refractivity contribution is -0.124. The third-order valence-electron chi connectivity index (χ3n) is 4.39. The van der Waals surface area contributed by atoms with Gasteiger partial charge in [0.15, 0.2) is 0 Å². The molecule has 1 heterocycles. The number of amides is 1. The maximum absolute atomic E-state index is 12.9. The molecule has 1 aliphatic rings.